The number of furan rings is 1. The van der Waals surface area contributed by atoms with Crippen LogP contribution >= 0.6 is 0 Å². The highest BCUT2D eigenvalue weighted by Crippen LogP contribution is 2.19. The number of nitrogens with one attached hydrogen (secondary N) is 1. The fraction of sp³-hybridized carbons (Fsp3) is 0.0769. The molecule has 2 aromatic rings. The number of hydrogen-bond donors (Lipinski definition) is 2. The minimum atomic E-state index is -0.457. The molecule has 0 saturated heterocycles. The first-order valence-corrected chi connectivity index (χ1v) is 5.45. The van der Waals surface area contributed by atoms with Gasteiger partial charge >= 0.3 is 0 Å². The predicted octanol–water partition coefficient (Wildman–Crippen LogP) is 1.33. The fourth-order valence-electron chi connectivity index (χ4n) is 1.56. The summed E-state index contributed by atoms with van der Waals surface area (Å²) in [6.45, 7) is 0.0362. The zero-order valence-electron chi connectivity index (χ0n) is 9.92. The second-order valence-electron chi connectivity index (χ2n) is 3.63. The van der Waals surface area contributed by atoms with E-state index in [1.807, 2.05) is 11.5 Å². The molecule has 96 valence electrons. The number of carbonyl (C=O) groups excluding carboxylic acids is 1. The maximum atomic E-state index is 11.4. The molecular weight excluding hydrogens is 246 g/mol. The van der Waals surface area contributed by atoms with E-state index in [9.17, 15) is 4.79 Å². The van der Waals surface area contributed by atoms with Gasteiger partial charge in [-0.15, -0.1) is 0 Å². The van der Waals surface area contributed by atoms with Gasteiger partial charge in [-0.2, -0.15) is 5.26 Å². The highest BCUT2D eigenvalue weighted by atomic mass is 16.5. The van der Waals surface area contributed by atoms with Crippen LogP contribution in [0, 0.1) is 11.3 Å². The summed E-state index contributed by atoms with van der Waals surface area (Å²) in [4.78, 5) is 11.4. The number of nitrogens with zero attached hydrogens (tertiary/aromatic N) is 1. The Balaban J connectivity index is 2.13. The Morgan fingerprint density at radius 1 is 1.42 bits per heavy atom. The largest absolute Gasteiger partial charge is 0.484 e. The van der Waals surface area contributed by atoms with Crippen LogP contribution in [0.1, 0.15) is 21.7 Å². The highest BCUT2D eigenvalue weighted by molar-refractivity contribution is 5.94. The summed E-state index contributed by atoms with van der Waals surface area (Å²) < 4.78 is 10.6. The molecule has 6 heteroatoms. The minimum absolute atomic E-state index is 0.0362. The van der Waals surface area contributed by atoms with Gasteiger partial charge in [0.05, 0.1) is 17.4 Å². The van der Waals surface area contributed by atoms with Gasteiger partial charge in [0, 0.05) is 0 Å². The van der Waals surface area contributed by atoms with Gasteiger partial charge in [-0.05, 0) is 18.2 Å². The van der Waals surface area contributed by atoms with Crippen LogP contribution in [0.5, 0.6) is 5.75 Å². The molecule has 1 aromatic heterocycles. The molecule has 0 spiro atoms. The molecule has 0 fully saturated rings. The number of carbonyl (C=O) groups is 1. The maximum Gasteiger partial charge on any atom is 0.268 e. The van der Waals surface area contributed by atoms with Crippen molar-refractivity contribution in [3.63, 3.8) is 0 Å². The molecule has 1 aromatic carbocycles. The van der Waals surface area contributed by atoms with Gasteiger partial charge in [0.2, 0.25) is 0 Å². The van der Waals surface area contributed by atoms with Crippen LogP contribution in [0.25, 0.3) is 0 Å². The van der Waals surface area contributed by atoms with E-state index in [-0.39, 0.29) is 6.61 Å². The quantitative estimate of drug-likeness (QED) is 0.489. The first-order valence-electron chi connectivity index (χ1n) is 5.45. The van der Waals surface area contributed by atoms with E-state index in [2.05, 4.69) is 0 Å². The van der Waals surface area contributed by atoms with Gasteiger partial charge in [-0.25, -0.2) is 5.84 Å². The number of benzene rings is 1. The van der Waals surface area contributed by atoms with E-state index < -0.39 is 5.91 Å². The number of para-hydroxylation sites is 1. The molecule has 3 N–H and O–H groups in total. The van der Waals surface area contributed by atoms with Gasteiger partial charge in [0.25, 0.3) is 5.91 Å². The van der Waals surface area contributed by atoms with E-state index in [4.69, 9.17) is 20.3 Å². The lowest BCUT2D eigenvalue weighted by Crippen LogP contribution is -2.30. The maximum absolute atomic E-state index is 11.4. The monoisotopic (exact) mass is 257 g/mol. The molecule has 0 aliphatic heterocycles. The molecule has 0 atom stereocenters. The summed E-state index contributed by atoms with van der Waals surface area (Å²) in [5.74, 6) is 5.38. The van der Waals surface area contributed by atoms with Crippen molar-refractivity contribution in [3.8, 4) is 11.8 Å². The normalized spacial score (nSPS) is 9.68. The highest BCUT2D eigenvalue weighted by Gasteiger charge is 2.14. The van der Waals surface area contributed by atoms with Crippen LogP contribution in [0.2, 0.25) is 0 Å². The fourth-order valence-corrected chi connectivity index (χ4v) is 1.56. The third-order valence-electron chi connectivity index (χ3n) is 2.49. The molecule has 0 saturated carbocycles. The van der Waals surface area contributed by atoms with Gasteiger partial charge in [0.1, 0.15) is 18.4 Å². The van der Waals surface area contributed by atoms with Crippen molar-refractivity contribution in [1.29, 1.82) is 5.26 Å². The van der Waals surface area contributed by atoms with Crippen molar-refractivity contribution in [3.05, 3.63) is 53.5 Å². The Hall–Kier alpha value is -2.78. The smallest absolute Gasteiger partial charge is 0.268 e. The molecule has 1 amide bonds. The number of ether oxygens (including phenoxy) is 1. The molecule has 0 radical (unpaired) electrons. The molecule has 0 unspecified atom stereocenters. The van der Waals surface area contributed by atoms with Crippen LogP contribution in [-0.2, 0) is 6.61 Å². The van der Waals surface area contributed by atoms with Crippen molar-refractivity contribution in [2.24, 2.45) is 5.84 Å². The number of nitrogens with two attached hydrogens (primary N) is 1. The van der Waals surface area contributed by atoms with Crippen LogP contribution in [-0.4, -0.2) is 5.91 Å². The Labute approximate surface area is 109 Å². The number of rotatable bonds is 4. The van der Waals surface area contributed by atoms with Crippen LogP contribution < -0.4 is 16.0 Å². The van der Waals surface area contributed by atoms with Gasteiger partial charge in [-0.3, -0.25) is 10.2 Å². The Morgan fingerprint density at radius 2 is 2.21 bits per heavy atom. The molecule has 0 bridgehead atoms. The summed E-state index contributed by atoms with van der Waals surface area (Å²) in [5.41, 5.74) is 2.74. The number of nitriles is 1. The molecule has 6 nitrogen and oxygen atoms in total. The average Bonchev–Trinajstić information content (AvgIpc) is 2.93. The molecule has 0 aliphatic carbocycles. The van der Waals surface area contributed by atoms with E-state index in [1.165, 1.54) is 12.3 Å². The lowest BCUT2D eigenvalue weighted by molar-refractivity contribution is 0.0949. The Kier molecular flexibility index (Phi) is 3.81. The molecular formula is C13H11N3O3. The average molecular weight is 257 g/mol. The van der Waals surface area contributed by atoms with Crippen molar-refractivity contribution < 1.29 is 13.9 Å². The molecule has 2 rings (SSSR count). The summed E-state index contributed by atoms with van der Waals surface area (Å²) >= 11 is 0. The zero-order chi connectivity index (χ0) is 13.7. The summed E-state index contributed by atoms with van der Waals surface area (Å²) in [5, 5.41) is 8.92. The first kappa shape index (κ1) is 12.7. The van der Waals surface area contributed by atoms with Crippen LogP contribution in [0.4, 0.5) is 0 Å². The number of nitrogen functional groups attached to an aromatic ring is 1. The standard InChI is InChI=1S/C13H11N3O3/c14-7-9-3-1-2-4-11(9)19-8-12-10(5-6-18-12)13(17)16-15/h1-6H,8,15H2,(H,16,17). The van der Waals surface area contributed by atoms with Crippen molar-refractivity contribution in [2.75, 3.05) is 0 Å². The number of amides is 1. The predicted molar refractivity (Wildman–Crippen MR) is 65.9 cm³/mol. The topological polar surface area (TPSA) is 101 Å². The van der Waals surface area contributed by atoms with Crippen molar-refractivity contribution >= 4 is 5.91 Å². The number of hydrogen-bond acceptors (Lipinski definition) is 5. The Morgan fingerprint density at radius 3 is 2.95 bits per heavy atom. The second-order valence-corrected chi connectivity index (χ2v) is 3.63. The van der Waals surface area contributed by atoms with Gasteiger partial charge in [-0.1, -0.05) is 12.1 Å². The van der Waals surface area contributed by atoms with Gasteiger partial charge < -0.3 is 9.15 Å². The third-order valence-corrected chi connectivity index (χ3v) is 2.49. The number of hydrazine groups is 1. The zero-order valence-corrected chi connectivity index (χ0v) is 9.92. The summed E-state index contributed by atoms with van der Waals surface area (Å²) in [6, 6.07) is 10.3. The lowest BCUT2D eigenvalue weighted by Gasteiger charge is -2.07. The SMILES string of the molecule is N#Cc1ccccc1OCc1occc1C(=O)NN. The molecule has 1 heterocycles. The van der Waals surface area contributed by atoms with Crippen molar-refractivity contribution in [1.82, 2.24) is 5.43 Å². The van der Waals surface area contributed by atoms with E-state index in [1.54, 1.807) is 24.3 Å². The van der Waals surface area contributed by atoms with E-state index in [0.29, 0.717) is 22.6 Å². The van der Waals surface area contributed by atoms with Crippen LogP contribution in [0.3, 0.4) is 0 Å². The Bertz CT molecular complexity index is 628. The van der Waals surface area contributed by atoms with E-state index >= 15 is 0 Å². The second kappa shape index (κ2) is 5.71. The minimum Gasteiger partial charge on any atom is -0.484 e. The third kappa shape index (κ3) is 2.73. The summed E-state index contributed by atoms with van der Waals surface area (Å²) in [6.07, 6.45) is 1.37. The van der Waals surface area contributed by atoms with E-state index in [0.717, 1.165) is 0 Å². The molecule has 19 heavy (non-hydrogen) atoms. The van der Waals surface area contributed by atoms with Crippen LogP contribution in [0.15, 0.2) is 41.0 Å². The van der Waals surface area contributed by atoms with Crippen molar-refractivity contribution in [2.45, 2.75) is 6.61 Å². The molecule has 0 aliphatic rings. The summed E-state index contributed by atoms with van der Waals surface area (Å²) in [7, 11) is 0. The first-order chi connectivity index (χ1) is 9.26. The van der Waals surface area contributed by atoms with Gasteiger partial charge in [0.15, 0.2) is 5.76 Å². The lowest BCUT2D eigenvalue weighted by atomic mass is 10.2.